The van der Waals surface area contributed by atoms with Gasteiger partial charge in [-0.25, -0.2) is 5.10 Å². The fourth-order valence-electron chi connectivity index (χ4n) is 3.03. The molecular formula is C23H17N5O5. The summed E-state index contributed by atoms with van der Waals surface area (Å²) in [6, 6.07) is 19.0. The zero-order valence-corrected chi connectivity index (χ0v) is 17.0. The third kappa shape index (κ3) is 4.69. The largest absolute Gasteiger partial charge is 0.457 e. The normalized spacial score (nSPS) is 10.4. The lowest BCUT2D eigenvalue weighted by molar-refractivity contribution is 0.0844. The van der Waals surface area contributed by atoms with Crippen molar-refractivity contribution in [3.05, 3.63) is 100.0 Å². The van der Waals surface area contributed by atoms with E-state index in [1.165, 1.54) is 12.1 Å². The Labute approximate surface area is 186 Å². The molecular weight excluding hydrogens is 426 g/mol. The molecule has 33 heavy (non-hydrogen) atoms. The third-order valence-electron chi connectivity index (χ3n) is 4.69. The highest BCUT2D eigenvalue weighted by Gasteiger charge is 2.15. The van der Waals surface area contributed by atoms with Crippen LogP contribution in [0.1, 0.15) is 31.2 Å². The minimum Gasteiger partial charge on any atom is -0.457 e. The number of nitrogens with zero attached hydrogens (tertiary/aromatic N) is 1. The van der Waals surface area contributed by atoms with Gasteiger partial charge in [-0.3, -0.25) is 30.0 Å². The first-order valence-electron chi connectivity index (χ1n) is 9.68. The molecule has 5 N–H and O–H groups in total. The minimum atomic E-state index is -0.685. The maximum Gasteiger partial charge on any atom is 0.290 e. The number of hydrogen-bond donors (Lipinski definition) is 4. The fraction of sp³-hybridized carbons (Fsp3) is 0. The van der Waals surface area contributed by atoms with Crippen LogP contribution in [-0.2, 0) is 0 Å². The molecule has 0 aliphatic rings. The highest BCUT2D eigenvalue weighted by Crippen LogP contribution is 2.22. The van der Waals surface area contributed by atoms with Crippen LogP contribution in [0.4, 0.5) is 0 Å². The van der Waals surface area contributed by atoms with Gasteiger partial charge in [-0.15, -0.1) is 0 Å². The lowest BCUT2D eigenvalue weighted by Gasteiger charge is -2.09. The number of nitrogens with two attached hydrogens (primary N) is 1. The van der Waals surface area contributed by atoms with Gasteiger partial charge in [-0.05, 0) is 54.6 Å². The second-order valence-corrected chi connectivity index (χ2v) is 6.87. The zero-order chi connectivity index (χ0) is 23.4. The van der Waals surface area contributed by atoms with Crippen LogP contribution in [0.5, 0.6) is 11.5 Å². The van der Waals surface area contributed by atoms with Crippen molar-refractivity contribution < 1.29 is 19.1 Å². The highest BCUT2D eigenvalue weighted by molar-refractivity contribution is 6.06. The number of carbonyl (C=O) groups excluding carboxylic acids is 3. The van der Waals surface area contributed by atoms with Crippen LogP contribution in [0.3, 0.4) is 0 Å². The van der Waals surface area contributed by atoms with E-state index in [1.54, 1.807) is 60.7 Å². The Morgan fingerprint density at radius 2 is 1.30 bits per heavy atom. The first-order chi connectivity index (χ1) is 15.9. The number of fused-ring (bicyclic) bond motifs is 1. The molecule has 10 nitrogen and oxygen atoms in total. The van der Waals surface area contributed by atoms with Crippen molar-refractivity contribution in [2.75, 3.05) is 0 Å². The van der Waals surface area contributed by atoms with Gasteiger partial charge >= 0.3 is 0 Å². The van der Waals surface area contributed by atoms with E-state index in [0.29, 0.717) is 27.8 Å². The zero-order valence-electron chi connectivity index (χ0n) is 17.0. The van der Waals surface area contributed by atoms with Gasteiger partial charge in [0.2, 0.25) is 5.91 Å². The molecule has 0 aliphatic carbocycles. The molecule has 0 bridgehead atoms. The summed E-state index contributed by atoms with van der Waals surface area (Å²) in [5, 5.41) is 6.71. The quantitative estimate of drug-likeness (QED) is 0.345. The van der Waals surface area contributed by atoms with Crippen molar-refractivity contribution in [3.8, 4) is 11.5 Å². The molecule has 4 aromatic rings. The Morgan fingerprint density at radius 3 is 1.91 bits per heavy atom. The molecule has 10 heteroatoms. The predicted molar refractivity (Wildman–Crippen MR) is 119 cm³/mol. The molecule has 164 valence electrons. The number of ether oxygens (including phenoxy) is 1. The SMILES string of the molecule is NC(=O)c1ccc(Oc2ccc(C(=O)NNC(=O)c3n[nH]c(=O)c4ccccc34)cc2)cc1. The topological polar surface area (TPSA) is 156 Å². The Morgan fingerprint density at radius 1 is 0.758 bits per heavy atom. The number of amides is 3. The van der Waals surface area contributed by atoms with Crippen LogP contribution in [0, 0.1) is 0 Å². The average Bonchev–Trinajstić information content (AvgIpc) is 2.83. The summed E-state index contributed by atoms with van der Waals surface area (Å²) in [5.41, 5.74) is 9.98. The molecule has 0 atom stereocenters. The summed E-state index contributed by atoms with van der Waals surface area (Å²) < 4.78 is 5.66. The minimum absolute atomic E-state index is 0.0309. The Kier molecular flexibility index (Phi) is 5.81. The molecule has 0 spiro atoms. The second kappa shape index (κ2) is 9.02. The van der Waals surface area contributed by atoms with Crippen LogP contribution in [-0.4, -0.2) is 27.9 Å². The van der Waals surface area contributed by atoms with E-state index < -0.39 is 23.3 Å². The number of rotatable bonds is 5. The van der Waals surface area contributed by atoms with E-state index in [1.807, 2.05) is 0 Å². The summed E-state index contributed by atoms with van der Waals surface area (Å²) in [7, 11) is 0. The Hall–Kier alpha value is -4.99. The van der Waals surface area contributed by atoms with E-state index in [9.17, 15) is 19.2 Å². The maximum atomic E-state index is 12.5. The third-order valence-corrected chi connectivity index (χ3v) is 4.69. The van der Waals surface area contributed by atoms with E-state index >= 15 is 0 Å². The number of benzene rings is 3. The molecule has 0 fully saturated rings. The number of nitrogens with one attached hydrogen (secondary N) is 3. The Bertz CT molecular complexity index is 1410. The smallest absolute Gasteiger partial charge is 0.290 e. The van der Waals surface area contributed by atoms with Gasteiger partial charge in [-0.2, -0.15) is 5.10 Å². The lowest BCUT2D eigenvalue weighted by atomic mass is 10.1. The van der Waals surface area contributed by atoms with E-state index in [4.69, 9.17) is 10.5 Å². The lowest BCUT2D eigenvalue weighted by Crippen LogP contribution is -2.42. The molecule has 0 unspecified atom stereocenters. The van der Waals surface area contributed by atoms with Crippen molar-refractivity contribution in [1.82, 2.24) is 21.0 Å². The maximum absolute atomic E-state index is 12.5. The molecule has 3 aromatic carbocycles. The van der Waals surface area contributed by atoms with Gasteiger partial charge in [0, 0.05) is 16.5 Å². The molecule has 3 amide bonds. The van der Waals surface area contributed by atoms with Crippen LogP contribution in [0.25, 0.3) is 10.8 Å². The first-order valence-corrected chi connectivity index (χ1v) is 9.68. The number of hydrazine groups is 1. The van der Waals surface area contributed by atoms with Crippen molar-refractivity contribution in [3.63, 3.8) is 0 Å². The molecule has 4 rings (SSSR count). The standard InChI is InChI=1S/C23H17N5O5/c24-20(29)13-5-9-15(10-6-13)33-16-11-7-14(8-12-16)21(30)26-28-23(32)19-17-3-1-2-4-18(17)22(31)27-25-19/h1-12H,(H2,24,29)(H,26,30)(H,27,31)(H,28,32). The molecule has 0 radical (unpaired) electrons. The highest BCUT2D eigenvalue weighted by atomic mass is 16.5. The van der Waals surface area contributed by atoms with Crippen LogP contribution >= 0.6 is 0 Å². The number of hydrogen-bond acceptors (Lipinski definition) is 6. The van der Waals surface area contributed by atoms with Crippen molar-refractivity contribution in [2.45, 2.75) is 0 Å². The number of primary amides is 1. The van der Waals surface area contributed by atoms with Gasteiger partial charge in [0.1, 0.15) is 11.5 Å². The van der Waals surface area contributed by atoms with E-state index in [0.717, 1.165) is 0 Å². The van der Waals surface area contributed by atoms with Crippen LogP contribution in [0.15, 0.2) is 77.6 Å². The summed E-state index contributed by atoms with van der Waals surface area (Å²) >= 11 is 0. The number of aromatic nitrogens is 2. The molecule has 0 saturated carbocycles. The van der Waals surface area contributed by atoms with Gasteiger partial charge in [0.15, 0.2) is 5.69 Å². The molecule has 1 heterocycles. The van der Waals surface area contributed by atoms with Crippen LogP contribution in [0.2, 0.25) is 0 Å². The van der Waals surface area contributed by atoms with Crippen molar-refractivity contribution >= 4 is 28.5 Å². The van der Waals surface area contributed by atoms with Gasteiger partial charge in [0.05, 0.1) is 5.39 Å². The fourth-order valence-corrected chi connectivity index (χ4v) is 3.03. The predicted octanol–water partition coefficient (Wildman–Crippen LogP) is 1.89. The Balaban J connectivity index is 1.39. The van der Waals surface area contributed by atoms with Gasteiger partial charge in [-0.1, -0.05) is 18.2 Å². The number of aromatic amines is 1. The van der Waals surface area contributed by atoms with Gasteiger partial charge in [0.25, 0.3) is 17.4 Å². The van der Waals surface area contributed by atoms with E-state index in [-0.39, 0.29) is 11.3 Å². The summed E-state index contributed by atoms with van der Waals surface area (Å²) in [4.78, 5) is 47.8. The monoisotopic (exact) mass is 443 g/mol. The summed E-state index contributed by atoms with van der Waals surface area (Å²) in [6.07, 6.45) is 0. The number of H-pyrrole nitrogens is 1. The van der Waals surface area contributed by atoms with E-state index in [2.05, 4.69) is 21.0 Å². The second-order valence-electron chi connectivity index (χ2n) is 6.87. The number of carbonyl (C=O) groups is 3. The molecule has 0 saturated heterocycles. The summed E-state index contributed by atoms with van der Waals surface area (Å²) in [6.45, 7) is 0. The molecule has 1 aromatic heterocycles. The van der Waals surface area contributed by atoms with Crippen LogP contribution < -0.4 is 26.9 Å². The van der Waals surface area contributed by atoms with Crippen molar-refractivity contribution in [1.29, 1.82) is 0 Å². The van der Waals surface area contributed by atoms with Gasteiger partial charge < -0.3 is 10.5 Å². The average molecular weight is 443 g/mol. The summed E-state index contributed by atoms with van der Waals surface area (Å²) in [5.74, 6) is -0.824. The molecule has 0 aliphatic heterocycles. The van der Waals surface area contributed by atoms with Crippen molar-refractivity contribution in [2.24, 2.45) is 5.73 Å². The first kappa shape index (κ1) is 21.2.